The van der Waals surface area contributed by atoms with Gasteiger partial charge in [0.25, 0.3) is 0 Å². The lowest BCUT2D eigenvalue weighted by Crippen LogP contribution is -2.32. The molecule has 3 rings (SSSR count). The summed E-state index contributed by atoms with van der Waals surface area (Å²) in [5, 5.41) is 0. The molecule has 0 bridgehead atoms. The van der Waals surface area contributed by atoms with Gasteiger partial charge in [0.15, 0.2) is 0 Å². The third-order valence-corrected chi connectivity index (χ3v) is 4.46. The molecule has 124 valence electrons. The second kappa shape index (κ2) is 6.76. The molecule has 2 amide bonds. The van der Waals surface area contributed by atoms with Crippen molar-refractivity contribution in [3.8, 4) is 0 Å². The number of carbonyl (C=O) groups is 2. The van der Waals surface area contributed by atoms with E-state index >= 15 is 0 Å². The maximum absolute atomic E-state index is 14.3. The minimum Gasteiger partial charge on any atom is -0.465 e. The van der Waals surface area contributed by atoms with Crippen LogP contribution in [0.15, 0.2) is 42.5 Å². The molecule has 1 heterocycles. The topological polar surface area (TPSA) is 49.9 Å². The number of rotatable bonds is 3. The summed E-state index contributed by atoms with van der Waals surface area (Å²) in [5.41, 5.74) is 1.04. The lowest BCUT2D eigenvalue weighted by atomic mass is 10.2. The molecule has 0 spiro atoms. The van der Waals surface area contributed by atoms with Gasteiger partial charge in [0.2, 0.25) is 0 Å². The molecule has 24 heavy (non-hydrogen) atoms. The molecule has 1 aliphatic heterocycles. The largest absolute Gasteiger partial charge is 0.465 e. The van der Waals surface area contributed by atoms with E-state index in [1.807, 2.05) is 24.3 Å². The number of hydrogen-bond acceptors (Lipinski definition) is 3. The Morgan fingerprint density at radius 2 is 1.92 bits per heavy atom. The number of hydrogen-bond donors (Lipinski definition) is 0. The van der Waals surface area contributed by atoms with Gasteiger partial charge in [-0.1, -0.05) is 6.07 Å². The van der Waals surface area contributed by atoms with E-state index in [2.05, 4.69) is 27.3 Å². The predicted octanol–water partition coefficient (Wildman–Crippen LogP) is 3.66. The van der Waals surface area contributed by atoms with E-state index in [1.165, 1.54) is 24.1 Å². The minimum absolute atomic E-state index is 0.111. The predicted molar refractivity (Wildman–Crippen MR) is 97.0 cm³/mol. The molecule has 0 unspecified atom stereocenters. The Bertz CT molecular complexity index is 812. The molecule has 7 heteroatoms. The second-order valence-electron chi connectivity index (χ2n) is 5.22. The van der Waals surface area contributed by atoms with Gasteiger partial charge in [0, 0.05) is 22.3 Å². The molecule has 2 aromatic carbocycles. The number of amides is 2. The quantitative estimate of drug-likeness (QED) is 0.541. The second-order valence-corrected chi connectivity index (χ2v) is 6.47. The summed E-state index contributed by atoms with van der Waals surface area (Å²) < 4.78 is 19.9. The smallest absolute Gasteiger partial charge is 0.337 e. The van der Waals surface area contributed by atoms with Gasteiger partial charge in [0.05, 0.1) is 18.4 Å². The molecule has 1 saturated heterocycles. The molecular formula is C17H14FIN2O3. The van der Waals surface area contributed by atoms with E-state index < -0.39 is 11.8 Å². The summed E-state index contributed by atoms with van der Waals surface area (Å²) in [4.78, 5) is 27.1. The van der Waals surface area contributed by atoms with E-state index in [0.29, 0.717) is 13.1 Å². The van der Waals surface area contributed by atoms with Crippen molar-refractivity contribution in [2.24, 2.45) is 0 Å². The molecule has 0 aromatic heterocycles. The highest BCUT2D eigenvalue weighted by molar-refractivity contribution is 14.1. The Morgan fingerprint density at radius 1 is 1.17 bits per heavy atom. The lowest BCUT2D eigenvalue weighted by molar-refractivity contribution is 0.0600. The summed E-state index contributed by atoms with van der Waals surface area (Å²) in [6.45, 7) is 0.843. The molecule has 0 N–H and O–H groups in total. The van der Waals surface area contributed by atoms with Crippen LogP contribution in [-0.4, -0.2) is 32.2 Å². The molecule has 0 saturated carbocycles. The number of benzene rings is 2. The molecule has 5 nitrogen and oxygen atoms in total. The SMILES string of the molecule is COC(=O)c1ccc(N2CCN(c3cccc(I)c3)C2=O)c(F)c1. The number of ether oxygens (including phenoxy) is 1. The molecule has 2 aromatic rings. The number of methoxy groups -OCH3 is 1. The summed E-state index contributed by atoms with van der Waals surface area (Å²) >= 11 is 2.18. The zero-order valence-corrected chi connectivity index (χ0v) is 15.0. The molecule has 1 aliphatic rings. The maximum Gasteiger partial charge on any atom is 0.337 e. The molecule has 1 fully saturated rings. The van der Waals surface area contributed by atoms with Gasteiger partial charge in [-0.15, -0.1) is 0 Å². The number of halogens is 2. The monoisotopic (exact) mass is 440 g/mol. The van der Waals surface area contributed by atoms with Crippen LogP contribution in [0.4, 0.5) is 20.6 Å². The van der Waals surface area contributed by atoms with Gasteiger partial charge in [-0.25, -0.2) is 14.0 Å². The molecular weight excluding hydrogens is 426 g/mol. The van der Waals surface area contributed by atoms with Gasteiger partial charge in [-0.3, -0.25) is 9.80 Å². The standard InChI is InChI=1S/C17H14FIN2O3/c1-24-16(22)11-5-6-15(14(18)9-11)21-8-7-20(17(21)23)13-4-2-3-12(19)10-13/h2-6,9-10H,7-8H2,1H3. The van der Waals surface area contributed by atoms with E-state index in [9.17, 15) is 14.0 Å². The van der Waals surface area contributed by atoms with Gasteiger partial charge in [-0.05, 0) is 59.0 Å². The average molecular weight is 440 g/mol. The van der Waals surface area contributed by atoms with Crippen LogP contribution < -0.4 is 9.80 Å². The van der Waals surface area contributed by atoms with Crippen LogP contribution >= 0.6 is 22.6 Å². The van der Waals surface area contributed by atoms with Crippen molar-refractivity contribution >= 4 is 46.0 Å². The fourth-order valence-corrected chi connectivity index (χ4v) is 3.14. The highest BCUT2D eigenvalue weighted by Gasteiger charge is 2.32. The average Bonchev–Trinajstić information content (AvgIpc) is 2.95. The fourth-order valence-electron chi connectivity index (χ4n) is 2.61. The molecule has 0 radical (unpaired) electrons. The van der Waals surface area contributed by atoms with Gasteiger partial charge in [-0.2, -0.15) is 0 Å². The lowest BCUT2D eigenvalue weighted by Gasteiger charge is -2.19. The number of carbonyl (C=O) groups excluding carboxylic acids is 2. The summed E-state index contributed by atoms with van der Waals surface area (Å²) in [6.07, 6.45) is 0. The van der Waals surface area contributed by atoms with Crippen LogP contribution in [0.1, 0.15) is 10.4 Å². The van der Waals surface area contributed by atoms with Crippen molar-refractivity contribution in [1.82, 2.24) is 0 Å². The van der Waals surface area contributed by atoms with E-state index in [-0.39, 0.29) is 17.3 Å². The normalized spacial score (nSPS) is 14.2. The van der Waals surface area contributed by atoms with Crippen molar-refractivity contribution in [2.75, 3.05) is 30.0 Å². The van der Waals surface area contributed by atoms with Crippen LogP contribution in [0.2, 0.25) is 0 Å². The minimum atomic E-state index is -0.629. The van der Waals surface area contributed by atoms with Crippen LogP contribution in [0.25, 0.3) is 0 Å². The number of urea groups is 1. The first kappa shape index (κ1) is 16.7. The summed E-state index contributed by atoms with van der Waals surface area (Å²) in [6, 6.07) is 11.2. The Morgan fingerprint density at radius 3 is 2.58 bits per heavy atom. The van der Waals surface area contributed by atoms with E-state index in [0.717, 1.165) is 15.3 Å². The number of nitrogens with zero attached hydrogens (tertiary/aromatic N) is 2. The van der Waals surface area contributed by atoms with Crippen molar-refractivity contribution < 1.29 is 18.7 Å². The Balaban J connectivity index is 1.86. The van der Waals surface area contributed by atoms with Crippen molar-refractivity contribution in [1.29, 1.82) is 0 Å². The maximum atomic E-state index is 14.3. The highest BCUT2D eigenvalue weighted by atomic mass is 127. The van der Waals surface area contributed by atoms with Gasteiger partial charge >= 0.3 is 12.0 Å². The molecule has 0 aliphatic carbocycles. The third-order valence-electron chi connectivity index (χ3n) is 3.79. The van der Waals surface area contributed by atoms with E-state index in [4.69, 9.17) is 0 Å². The first-order valence-electron chi connectivity index (χ1n) is 7.23. The first-order chi connectivity index (χ1) is 11.5. The van der Waals surface area contributed by atoms with Crippen LogP contribution in [0.5, 0.6) is 0 Å². The Hall–Kier alpha value is -2.16. The number of anilines is 2. The van der Waals surface area contributed by atoms with Gasteiger partial charge < -0.3 is 4.74 Å². The zero-order valence-electron chi connectivity index (χ0n) is 12.8. The van der Waals surface area contributed by atoms with E-state index in [1.54, 1.807) is 4.90 Å². The third kappa shape index (κ3) is 3.08. The first-order valence-corrected chi connectivity index (χ1v) is 8.31. The summed E-state index contributed by atoms with van der Waals surface area (Å²) in [5.74, 6) is -1.25. The fraction of sp³-hybridized carbons (Fsp3) is 0.176. The zero-order chi connectivity index (χ0) is 17.3. The Kier molecular flexibility index (Phi) is 4.70. The van der Waals surface area contributed by atoms with Crippen molar-refractivity contribution in [2.45, 2.75) is 0 Å². The van der Waals surface area contributed by atoms with Crippen LogP contribution in [0, 0.1) is 9.39 Å². The number of esters is 1. The Labute approximate surface area is 152 Å². The summed E-state index contributed by atoms with van der Waals surface area (Å²) in [7, 11) is 1.23. The van der Waals surface area contributed by atoms with Crippen LogP contribution in [0.3, 0.4) is 0 Å². The highest BCUT2D eigenvalue weighted by Crippen LogP contribution is 2.28. The molecule has 0 atom stereocenters. The van der Waals surface area contributed by atoms with Crippen LogP contribution in [-0.2, 0) is 4.74 Å². The van der Waals surface area contributed by atoms with Crippen molar-refractivity contribution in [3.05, 3.63) is 57.4 Å². The van der Waals surface area contributed by atoms with Crippen molar-refractivity contribution in [3.63, 3.8) is 0 Å². The van der Waals surface area contributed by atoms with Gasteiger partial charge in [0.1, 0.15) is 5.82 Å².